The minimum absolute atomic E-state index is 0.0585. The summed E-state index contributed by atoms with van der Waals surface area (Å²) in [4.78, 5) is 12.3. The molecule has 0 amide bonds. The van der Waals surface area contributed by atoms with Gasteiger partial charge in [-0.3, -0.25) is 0 Å². The van der Waals surface area contributed by atoms with E-state index in [9.17, 15) is 20.1 Å². The van der Waals surface area contributed by atoms with Crippen molar-refractivity contribution >= 4 is 32.5 Å². The first kappa shape index (κ1) is 13.5. The molecular formula is C18H12O5. The van der Waals surface area contributed by atoms with E-state index in [0.717, 1.165) is 5.56 Å². The van der Waals surface area contributed by atoms with Crippen molar-refractivity contribution in [2.24, 2.45) is 0 Å². The van der Waals surface area contributed by atoms with Gasteiger partial charge >= 0.3 is 5.63 Å². The molecule has 0 aliphatic carbocycles. The summed E-state index contributed by atoms with van der Waals surface area (Å²) in [5, 5.41) is 32.1. The number of aromatic hydroxyl groups is 3. The summed E-state index contributed by atoms with van der Waals surface area (Å²) in [6, 6.07) is 9.23. The molecule has 1 heterocycles. The molecule has 114 valence electrons. The lowest BCUT2D eigenvalue weighted by molar-refractivity contribution is 0.464. The Kier molecular flexibility index (Phi) is 2.57. The van der Waals surface area contributed by atoms with Crippen molar-refractivity contribution in [3.05, 3.63) is 52.4 Å². The normalized spacial score (nSPS) is 11.5. The van der Waals surface area contributed by atoms with Gasteiger partial charge in [0.25, 0.3) is 0 Å². The smallest absolute Gasteiger partial charge is 0.344 e. The minimum atomic E-state index is -0.582. The van der Waals surface area contributed by atoms with Gasteiger partial charge in [-0.25, -0.2) is 4.79 Å². The summed E-state index contributed by atoms with van der Waals surface area (Å²) in [6.45, 7) is 1.76. The molecule has 5 heteroatoms. The van der Waals surface area contributed by atoms with Crippen LogP contribution in [0.5, 0.6) is 17.2 Å². The molecule has 0 spiro atoms. The van der Waals surface area contributed by atoms with Crippen LogP contribution in [0, 0.1) is 6.92 Å². The van der Waals surface area contributed by atoms with Crippen molar-refractivity contribution < 1.29 is 19.7 Å². The monoisotopic (exact) mass is 308 g/mol. The number of phenols is 3. The summed E-state index contributed by atoms with van der Waals surface area (Å²) in [5.41, 5.74) is 0.358. The van der Waals surface area contributed by atoms with Gasteiger partial charge in [0.15, 0.2) is 0 Å². The van der Waals surface area contributed by atoms with Gasteiger partial charge in [-0.1, -0.05) is 12.1 Å². The van der Waals surface area contributed by atoms with E-state index in [1.54, 1.807) is 31.2 Å². The number of benzene rings is 3. The molecule has 1 aromatic heterocycles. The zero-order chi connectivity index (χ0) is 16.3. The Morgan fingerprint density at radius 1 is 0.826 bits per heavy atom. The van der Waals surface area contributed by atoms with E-state index in [1.807, 2.05) is 0 Å². The highest BCUT2D eigenvalue weighted by Crippen LogP contribution is 2.41. The van der Waals surface area contributed by atoms with Crippen molar-refractivity contribution in [2.75, 3.05) is 0 Å². The summed E-state index contributed by atoms with van der Waals surface area (Å²) < 4.78 is 5.42. The Balaban J connectivity index is 2.39. The minimum Gasteiger partial charge on any atom is -0.507 e. The highest BCUT2D eigenvalue weighted by atomic mass is 16.4. The fourth-order valence-corrected chi connectivity index (χ4v) is 3.07. The highest BCUT2D eigenvalue weighted by Gasteiger charge is 2.17. The second kappa shape index (κ2) is 4.39. The van der Waals surface area contributed by atoms with Crippen LogP contribution >= 0.6 is 0 Å². The lowest BCUT2D eigenvalue weighted by atomic mass is 10.00. The van der Waals surface area contributed by atoms with Gasteiger partial charge in [-0.05, 0) is 36.8 Å². The van der Waals surface area contributed by atoms with Crippen LogP contribution in [0.1, 0.15) is 5.56 Å². The molecule has 0 atom stereocenters. The van der Waals surface area contributed by atoms with Crippen LogP contribution in [0.4, 0.5) is 0 Å². The van der Waals surface area contributed by atoms with Crippen LogP contribution in [-0.4, -0.2) is 15.3 Å². The Bertz CT molecular complexity index is 1170. The second-order valence-electron chi connectivity index (χ2n) is 5.57. The molecule has 5 nitrogen and oxygen atoms in total. The Morgan fingerprint density at radius 3 is 2.35 bits per heavy atom. The molecule has 0 saturated heterocycles. The number of fused-ring (bicyclic) bond motifs is 5. The van der Waals surface area contributed by atoms with E-state index in [4.69, 9.17) is 4.42 Å². The predicted octanol–water partition coefficient (Wildman–Crippen LogP) is 3.52. The molecule has 0 saturated carbocycles. The first-order chi connectivity index (χ1) is 11.0. The molecule has 23 heavy (non-hydrogen) atoms. The first-order valence-corrected chi connectivity index (χ1v) is 7.01. The van der Waals surface area contributed by atoms with Gasteiger partial charge in [0.1, 0.15) is 22.8 Å². The van der Waals surface area contributed by atoms with Gasteiger partial charge in [-0.15, -0.1) is 0 Å². The van der Waals surface area contributed by atoms with Gasteiger partial charge < -0.3 is 19.7 Å². The van der Waals surface area contributed by atoms with Gasteiger partial charge in [0, 0.05) is 16.2 Å². The van der Waals surface area contributed by atoms with E-state index in [1.165, 1.54) is 12.1 Å². The van der Waals surface area contributed by atoms with Crippen molar-refractivity contribution in [2.45, 2.75) is 6.92 Å². The quantitative estimate of drug-likeness (QED) is 0.341. The number of hydrogen-bond acceptors (Lipinski definition) is 5. The Morgan fingerprint density at radius 2 is 1.57 bits per heavy atom. The lowest BCUT2D eigenvalue weighted by Crippen LogP contribution is -2.01. The lowest BCUT2D eigenvalue weighted by Gasteiger charge is -2.10. The zero-order valence-corrected chi connectivity index (χ0v) is 12.1. The maximum absolute atomic E-state index is 12.3. The molecule has 3 aromatic carbocycles. The third-order valence-electron chi connectivity index (χ3n) is 4.01. The first-order valence-electron chi connectivity index (χ1n) is 7.01. The molecular weight excluding hydrogens is 296 g/mol. The Hall–Kier alpha value is -3.21. The third kappa shape index (κ3) is 1.76. The molecule has 0 aliphatic heterocycles. The highest BCUT2D eigenvalue weighted by molar-refractivity contribution is 6.18. The van der Waals surface area contributed by atoms with Crippen LogP contribution in [0.15, 0.2) is 45.6 Å². The van der Waals surface area contributed by atoms with Gasteiger partial charge in [0.2, 0.25) is 0 Å². The van der Waals surface area contributed by atoms with E-state index in [0.29, 0.717) is 16.2 Å². The largest absolute Gasteiger partial charge is 0.507 e. The van der Waals surface area contributed by atoms with Crippen molar-refractivity contribution in [1.29, 1.82) is 0 Å². The summed E-state index contributed by atoms with van der Waals surface area (Å²) >= 11 is 0. The maximum Gasteiger partial charge on any atom is 0.344 e. The molecule has 0 bridgehead atoms. The molecule has 4 aromatic rings. The standard InChI is InChI=1S/C18H12O5/c1-8-5-11-15(13(20)6-8)10-7-14(21)16-9(3-2-4-12(16)19)17(10)23-18(11)22/h2-7,19-21H,1H3. The van der Waals surface area contributed by atoms with E-state index >= 15 is 0 Å². The molecule has 0 unspecified atom stereocenters. The fourth-order valence-electron chi connectivity index (χ4n) is 3.07. The third-order valence-corrected chi connectivity index (χ3v) is 4.01. The van der Waals surface area contributed by atoms with Crippen molar-refractivity contribution in [3.8, 4) is 17.2 Å². The molecule has 4 rings (SSSR count). The number of hydrogen-bond donors (Lipinski definition) is 3. The average Bonchev–Trinajstić information content (AvgIpc) is 2.48. The number of rotatable bonds is 0. The van der Waals surface area contributed by atoms with Crippen molar-refractivity contribution in [3.63, 3.8) is 0 Å². The zero-order valence-electron chi connectivity index (χ0n) is 12.1. The summed E-state index contributed by atoms with van der Waals surface area (Å²) in [5.74, 6) is -0.324. The van der Waals surface area contributed by atoms with E-state index < -0.39 is 5.63 Å². The maximum atomic E-state index is 12.3. The number of phenolic OH excluding ortho intramolecular Hbond substituents is 3. The topological polar surface area (TPSA) is 90.9 Å². The van der Waals surface area contributed by atoms with Crippen LogP contribution in [0.3, 0.4) is 0 Å². The van der Waals surface area contributed by atoms with Crippen molar-refractivity contribution in [1.82, 2.24) is 0 Å². The summed E-state index contributed by atoms with van der Waals surface area (Å²) in [7, 11) is 0. The van der Waals surface area contributed by atoms with E-state index in [-0.39, 0.29) is 33.6 Å². The van der Waals surface area contributed by atoms with Crippen LogP contribution in [0.2, 0.25) is 0 Å². The van der Waals surface area contributed by atoms with Crippen LogP contribution in [0.25, 0.3) is 32.5 Å². The molecule has 3 N–H and O–H groups in total. The number of aryl methyl sites for hydroxylation is 1. The molecule has 0 fully saturated rings. The average molecular weight is 308 g/mol. The second-order valence-corrected chi connectivity index (χ2v) is 5.57. The fraction of sp³-hybridized carbons (Fsp3) is 0.0556. The van der Waals surface area contributed by atoms with Gasteiger partial charge in [0.05, 0.1) is 10.8 Å². The predicted molar refractivity (Wildman–Crippen MR) is 87.2 cm³/mol. The summed E-state index contributed by atoms with van der Waals surface area (Å²) in [6.07, 6.45) is 0. The molecule has 0 radical (unpaired) electrons. The van der Waals surface area contributed by atoms with Gasteiger partial charge in [-0.2, -0.15) is 0 Å². The Labute approximate surface area is 129 Å². The van der Waals surface area contributed by atoms with Crippen LogP contribution in [-0.2, 0) is 0 Å². The molecule has 0 aliphatic rings. The van der Waals surface area contributed by atoms with E-state index in [2.05, 4.69) is 0 Å². The van der Waals surface area contributed by atoms with Crippen LogP contribution < -0.4 is 5.63 Å². The SMILES string of the molecule is Cc1cc(O)c2c(c1)c(=O)oc1c3cccc(O)c3c(O)cc12.